The van der Waals surface area contributed by atoms with E-state index in [4.69, 9.17) is 0 Å². The van der Waals surface area contributed by atoms with Crippen molar-refractivity contribution in [2.75, 3.05) is 0 Å². The molecule has 0 fully saturated rings. The van der Waals surface area contributed by atoms with Crippen molar-refractivity contribution < 1.29 is 0 Å². The fraction of sp³-hybridized carbons (Fsp3) is 0.120. The summed E-state index contributed by atoms with van der Waals surface area (Å²) in [6.45, 7) is 0.866. The summed E-state index contributed by atoms with van der Waals surface area (Å²) in [4.78, 5) is 16.9. The van der Waals surface area contributed by atoms with Gasteiger partial charge in [0.1, 0.15) is 5.82 Å². The Morgan fingerprint density at radius 2 is 1.71 bits per heavy atom. The van der Waals surface area contributed by atoms with Gasteiger partial charge >= 0.3 is 0 Å². The molecule has 28 heavy (non-hydrogen) atoms. The van der Waals surface area contributed by atoms with Crippen molar-refractivity contribution in [3.8, 4) is 11.1 Å². The van der Waals surface area contributed by atoms with Gasteiger partial charge in [-0.15, -0.1) is 0 Å². The Morgan fingerprint density at radius 1 is 0.893 bits per heavy atom. The first-order valence-electron chi connectivity index (χ1n) is 9.70. The molecule has 1 aromatic heterocycles. The summed E-state index contributed by atoms with van der Waals surface area (Å²) in [7, 11) is 0. The highest BCUT2D eigenvalue weighted by Crippen LogP contribution is 2.37. The zero-order valence-electron chi connectivity index (χ0n) is 15.4. The van der Waals surface area contributed by atoms with E-state index >= 15 is 0 Å². The van der Waals surface area contributed by atoms with Gasteiger partial charge in [-0.3, -0.25) is 4.79 Å². The lowest BCUT2D eigenvalue weighted by molar-refractivity contribution is 0.772. The first-order chi connectivity index (χ1) is 13.8. The van der Waals surface area contributed by atoms with Gasteiger partial charge in [0.2, 0.25) is 0 Å². The van der Waals surface area contributed by atoms with Gasteiger partial charge in [0.05, 0.1) is 10.9 Å². The molecule has 3 aromatic carbocycles. The van der Waals surface area contributed by atoms with Crippen molar-refractivity contribution in [1.29, 1.82) is 0 Å². The largest absolute Gasteiger partial charge is 0.325 e. The summed E-state index contributed by atoms with van der Waals surface area (Å²) in [6, 6.07) is 23.1. The Labute approximate surface area is 162 Å². The van der Waals surface area contributed by atoms with E-state index in [9.17, 15) is 4.79 Å². The summed E-state index contributed by atoms with van der Waals surface area (Å²) in [5.74, 6) is 0.812. The number of para-hydroxylation sites is 1. The Hall–Kier alpha value is -3.46. The highest BCUT2D eigenvalue weighted by Gasteiger charge is 2.21. The maximum atomic E-state index is 12.5. The van der Waals surface area contributed by atoms with E-state index in [0.717, 1.165) is 36.3 Å². The minimum absolute atomic E-state index is 0.140. The minimum Gasteiger partial charge on any atom is -0.325 e. The second kappa shape index (κ2) is 5.77. The molecule has 0 radical (unpaired) electrons. The van der Waals surface area contributed by atoms with Crippen molar-refractivity contribution in [3.05, 3.63) is 99.6 Å². The molecule has 0 bridgehead atoms. The SMILES string of the molecule is O=c1nc2n(c3ccccc13)CC/C2=C/c1ccc2c(c1)Cc1ccccc1-2. The molecule has 6 rings (SSSR count). The number of aryl methyl sites for hydroxylation is 1. The van der Waals surface area contributed by atoms with Crippen LogP contribution in [-0.2, 0) is 13.0 Å². The lowest BCUT2D eigenvalue weighted by atomic mass is 10.0. The molecular weight excluding hydrogens is 344 g/mol. The minimum atomic E-state index is -0.140. The number of nitrogens with zero attached hydrogens (tertiary/aromatic N) is 2. The third kappa shape index (κ3) is 2.23. The molecule has 1 aliphatic carbocycles. The summed E-state index contributed by atoms with van der Waals surface area (Å²) < 4.78 is 2.17. The van der Waals surface area contributed by atoms with E-state index < -0.39 is 0 Å². The molecule has 0 amide bonds. The predicted octanol–water partition coefficient (Wildman–Crippen LogP) is 4.91. The smallest absolute Gasteiger partial charge is 0.281 e. The molecule has 0 saturated heterocycles. The monoisotopic (exact) mass is 362 g/mol. The third-order valence-corrected chi connectivity index (χ3v) is 5.94. The molecular formula is C25H18N2O. The molecule has 0 spiro atoms. The fourth-order valence-corrected chi connectivity index (χ4v) is 4.63. The van der Waals surface area contributed by atoms with Crippen LogP contribution >= 0.6 is 0 Å². The standard InChI is InChI=1S/C25H18N2O/c28-25-22-7-3-4-8-23(22)27-12-11-18(24(27)26-25)13-16-9-10-21-19(14-16)15-17-5-1-2-6-20(17)21/h1-10,13-14H,11-12,15H2/b18-13-. The lowest BCUT2D eigenvalue weighted by Gasteiger charge is -2.07. The van der Waals surface area contributed by atoms with Gasteiger partial charge in [-0.2, -0.15) is 4.98 Å². The summed E-state index contributed by atoms with van der Waals surface area (Å²) in [5, 5.41) is 0.697. The quantitative estimate of drug-likeness (QED) is 0.425. The van der Waals surface area contributed by atoms with Crippen LogP contribution < -0.4 is 5.56 Å². The van der Waals surface area contributed by atoms with Crippen molar-refractivity contribution >= 4 is 22.6 Å². The van der Waals surface area contributed by atoms with Crippen LogP contribution in [0.3, 0.4) is 0 Å². The topological polar surface area (TPSA) is 34.9 Å². The van der Waals surface area contributed by atoms with Crippen LogP contribution in [0.15, 0.2) is 71.5 Å². The first-order valence-corrected chi connectivity index (χ1v) is 9.70. The highest BCUT2D eigenvalue weighted by molar-refractivity contribution is 5.87. The average Bonchev–Trinajstić information content (AvgIpc) is 3.29. The van der Waals surface area contributed by atoms with Crippen molar-refractivity contribution in [2.45, 2.75) is 19.4 Å². The molecule has 0 unspecified atom stereocenters. The van der Waals surface area contributed by atoms with E-state index in [1.807, 2.05) is 24.3 Å². The Morgan fingerprint density at radius 3 is 2.68 bits per heavy atom. The van der Waals surface area contributed by atoms with E-state index in [-0.39, 0.29) is 5.56 Å². The molecule has 1 aliphatic heterocycles. The molecule has 2 heterocycles. The second-order valence-electron chi connectivity index (χ2n) is 7.58. The number of aromatic nitrogens is 2. The molecule has 3 nitrogen and oxygen atoms in total. The van der Waals surface area contributed by atoms with E-state index in [1.54, 1.807) is 0 Å². The molecule has 3 heteroatoms. The Balaban J connectivity index is 1.45. The molecule has 2 aliphatic rings. The van der Waals surface area contributed by atoms with Crippen LogP contribution in [0.2, 0.25) is 0 Å². The van der Waals surface area contributed by atoms with E-state index in [1.165, 1.54) is 27.8 Å². The maximum Gasteiger partial charge on any atom is 0.281 e. The van der Waals surface area contributed by atoms with Crippen LogP contribution in [0, 0.1) is 0 Å². The van der Waals surface area contributed by atoms with Crippen molar-refractivity contribution in [1.82, 2.24) is 9.55 Å². The molecule has 0 atom stereocenters. The molecule has 0 saturated carbocycles. The van der Waals surface area contributed by atoms with Gasteiger partial charge in [-0.25, -0.2) is 0 Å². The Kier molecular flexibility index (Phi) is 3.21. The number of hydrogen-bond acceptors (Lipinski definition) is 2. The van der Waals surface area contributed by atoms with E-state index in [0.29, 0.717) is 5.39 Å². The Bertz CT molecular complexity index is 1360. The third-order valence-electron chi connectivity index (χ3n) is 5.94. The van der Waals surface area contributed by atoms with Gasteiger partial charge in [0, 0.05) is 6.54 Å². The number of rotatable bonds is 1. The predicted molar refractivity (Wildman–Crippen MR) is 113 cm³/mol. The van der Waals surface area contributed by atoms with Crippen LogP contribution in [0.4, 0.5) is 0 Å². The second-order valence-corrected chi connectivity index (χ2v) is 7.58. The zero-order valence-corrected chi connectivity index (χ0v) is 15.4. The maximum absolute atomic E-state index is 12.5. The first kappa shape index (κ1) is 15.6. The van der Waals surface area contributed by atoms with Crippen molar-refractivity contribution in [2.24, 2.45) is 0 Å². The fourth-order valence-electron chi connectivity index (χ4n) is 4.63. The van der Waals surface area contributed by atoms with Crippen LogP contribution in [0.25, 0.3) is 33.7 Å². The number of allylic oxidation sites excluding steroid dienone is 1. The molecule has 134 valence electrons. The highest BCUT2D eigenvalue weighted by atomic mass is 16.1. The normalized spacial score (nSPS) is 15.6. The van der Waals surface area contributed by atoms with Gasteiger partial charge in [0.25, 0.3) is 5.56 Å². The van der Waals surface area contributed by atoms with Gasteiger partial charge < -0.3 is 4.57 Å². The van der Waals surface area contributed by atoms with Crippen LogP contribution in [0.1, 0.15) is 28.9 Å². The number of benzene rings is 3. The summed E-state index contributed by atoms with van der Waals surface area (Å²) in [5.41, 5.74) is 8.61. The number of hydrogen-bond donors (Lipinski definition) is 0. The van der Waals surface area contributed by atoms with Crippen molar-refractivity contribution in [3.63, 3.8) is 0 Å². The lowest BCUT2D eigenvalue weighted by Crippen LogP contribution is -2.14. The number of fused-ring (bicyclic) bond motifs is 6. The average molecular weight is 362 g/mol. The molecule has 4 aromatic rings. The van der Waals surface area contributed by atoms with Gasteiger partial charge in [0.15, 0.2) is 0 Å². The van der Waals surface area contributed by atoms with E-state index in [2.05, 4.69) is 58.1 Å². The van der Waals surface area contributed by atoms with Crippen LogP contribution in [0.5, 0.6) is 0 Å². The summed E-state index contributed by atoms with van der Waals surface area (Å²) in [6.07, 6.45) is 4.09. The summed E-state index contributed by atoms with van der Waals surface area (Å²) >= 11 is 0. The zero-order chi connectivity index (χ0) is 18.7. The van der Waals surface area contributed by atoms with Gasteiger partial charge in [-0.1, -0.05) is 54.6 Å². The molecule has 0 N–H and O–H groups in total. The van der Waals surface area contributed by atoms with Crippen LogP contribution in [-0.4, -0.2) is 9.55 Å². The van der Waals surface area contributed by atoms with Gasteiger partial charge in [-0.05, 0) is 64.4 Å².